The maximum Gasteiger partial charge on any atom is 0.265 e. The van der Waals surface area contributed by atoms with Crippen molar-refractivity contribution in [3.8, 4) is 11.4 Å². The normalized spacial score (nSPS) is 10.9. The number of anilines is 1. The van der Waals surface area contributed by atoms with Gasteiger partial charge in [-0.3, -0.25) is 4.79 Å². The number of thiophene rings is 1. The van der Waals surface area contributed by atoms with Gasteiger partial charge in [0.2, 0.25) is 0 Å². The molecule has 0 aliphatic heterocycles. The molecule has 2 aromatic heterocycles. The molecule has 0 fully saturated rings. The van der Waals surface area contributed by atoms with Crippen LogP contribution in [0.4, 0.5) is 5.69 Å². The van der Waals surface area contributed by atoms with E-state index >= 15 is 0 Å². The Morgan fingerprint density at radius 1 is 1.19 bits per heavy atom. The highest BCUT2D eigenvalue weighted by Crippen LogP contribution is 2.27. The van der Waals surface area contributed by atoms with Crippen LogP contribution < -0.4 is 10.1 Å². The number of carbonyl (C=O) groups excluding carboxylic acids is 1. The topological polar surface area (TPSA) is 69.0 Å². The molecule has 1 amide bonds. The summed E-state index contributed by atoms with van der Waals surface area (Å²) >= 11 is 7.59. The highest BCUT2D eigenvalue weighted by atomic mass is 35.5. The first kappa shape index (κ1) is 17.5. The molecule has 2 aromatic carbocycles. The third-order valence-corrected chi connectivity index (χ3v) is 5.25. The molecule has 4 aromatic rings. The third-order valence-electron chi connectivity index (χ3n) is 4.09. The second kappa shape index (κ2) is 7.02. The van der Waals surface area contributed by atoms with E-state index in [0.29, 0.717) is 26.9 Å². The van der Waals surface area contributed by atoms with Gasteiger partial charge < -0.3 is 10.1 Å². The second-order valence-electron chi connectivity index (χ2n) is 5.90. The van der Waals surface area contributed by atoms with Crippen LogP contribution in [0, 0.1) is 6.92 Å². The van der Waals surface area contributed by atoms with E-state index in [9.17, 15) is 4.79 Å². The number of aromatic nitrogens is 3. The maximum absolute atomic E-state index is 12.3. The summed E-state index contributed by atoms with van der Waals surface area (Å²) in [6, 6.07) is 12.7. The fourth-order valence-corrected chi connectivity index (χ4v) is 3.56. The largest absolute Gasteiger partial charge is 0.495 e. The number of nitrogens with one attached hydrogen (secondary N) is 1. The van der Waals surface area contributed by atoms with E-state index in [1.807, 2.05) is 36.6 Å². The molecule has 0 saturated carbocycles. The summed E-state index contributed by atoms with van der Waals surface area (Å²) in [5.41, 5.74) is 3.74. The summed E-state index contributed by atoms with van der Waals surface area (Å²) in [7, 11) is 1.57. The van der Waals surface area contributed by atoms with Crippen molar-refractivity contribution in [1.82, 2.24) is 15.0 Å². The van der Waals surface area contributed by atoms with Gasteiger partial charge in [-0.25, -0.2) is 0 Å². The van der Waals surface area contributed by atoms with Crippen molar-refractivity contribution < 1.29 is 9.53 Å². The van der Waals surface area contributed by atoms with E-state index in [-0.39, 0.29) is 5.91 Å². The van der Waals surface area contributed by atoms with Gasteiger partial charge in [0.05, 0.1) is 22.7 Å². The number of rotatable bonds is 4. The van der Waals surface area contributed by atoms with Gasteiger partial charge in [-0.15, -0.1) is 21.5 Å². The smallest absolute Gasteiger partial charge is 0.265 e. The average molecular weight is 399 g/mol. The Balaban J connectivity index is 1.68. The number of hydrogen-bond acceptors (Lipinski definition) is 5. The number of carbonyl (C=O) groups is 1. The minimum atomic E-state index is -0.137. The SMILES string of the molecule is COc1ccc(-n2nc3cc(C)c(NC(=O)c4cccs4)cc3n2)cc1Cl. The van der Waals surface area contributed by atoms with Crippen LogP contribution in [0.5, 0.6) is 5.75 Å². The molecule has 8 heteroatoms. The van der Waals surface area contributed by atoms with Gasteiger partial charge in [-0.05, 0) is 54.3 Å². The number of nitrogens with zero attached hydrogens (tertiary/aromatic N) is 3. The molecule has 6 nitrogen and oxygen atoms in total. The van der Waals surface area contributed by atoms with Gasteiger partial charge in [0.15, 0.2) is 0 Å². The Labute approximate surface area is 164 Å². The molecule has 27 heavy (non-hydrogen) atoms. The van der Waals surface area contributed by atoms with Crippen molar-refractivity contribution in [2.75, 3.05) is 12.4 Å². The lowest BCUT2D eigenvalue weighted by Crippen LogP contribution is -2.11. The molecule has 0 spiro atoms. The quantitative estimate of drug-likeness (QED) is 0.540. The van der Waals surface area contributed by atoms with Crippen LogP contribution in [0.1, 0.15) is 15.2 Å². The molecule has 0 aliphatic rings. The molecule has 1 N–H and O–H groups in total. The fourth-order valence-electron chi connectivity index (χ4n) is 2.69. The zero-order valence-electron chi connectivity index (χ0n) is 14.6. The highest BCUT2D eigenvalue weighted by molar-refractivity contribution is 7.12. The second-order valence-corrected chi connectivity index (χ2v) is 7.25. The zero-order valence-corrected chi connectivity index (χ0v) is 16.1. The number of methoxy groups -OCH3 is 1. The van der Waals surface area contributed by atoms with Gasteiger partial charge >= 0.3 is 0 Å². The predicted octanol–water partition coefficient (Wildman–Crippen LogP) is 4.70. The van der Waals surface area contributed by atoms with Crippen molar-refractivity contribution in [3.05, 3.63) is 63.3 Å². The van der Waals surface area contributed by atoms with E-state index < -0.39 is 0 Å². The molecule has 0 unspecified atom stereocenters. The summed E-state index contributed by atoms with van der Waals surface area (Å²) in [6.07, 6.45) is 0. The Morgan fingerprint density at radius 3 is 2.63 bits per heavy atom. The van der Waals surface area contributed by atoms with Crippen LogP contribution >= 0.6 is 22.9 Å². The maximum atomic E-state index is 12.3. The molecule has 0 radical (unpaired) electrons. The molecule has 136 valence electrons. The average Bonchev–Trinajstić information content (AvgIpc) is 3.31. The minimum Gasteiger partial charge on any atom is -0.495 e. The fraction of sp³-hybridized carbons (Fsp3) is 0.105. The van der Waals surface area contributed by atoms with Gasteiger partial charge in [0, 0.05) is 5.69 Å². The molecule has 0 atom stereocenters. The van der Waals surface area contributed by atoms with E-state index in [4.69, 9.17) is 16.3 Å². The molecule has 2 heterocycles. The van der Waals surface area contributed by atoms with E-state index in [1.165, 1.54) is 16.1 Å². The summed E-state index contributed by atoms with van der Waals surface area (Å²) in [5, 5.41) is 14.3. The number of ether oxygens (including phenoxy) is 1. The van der Waals surface area contributed by atoms with E-state index in [0.717, 1.165) is 16.8 Å². The van der Waals surface area contributed by atoms with Gasteiger partial charge in [-0.1, -0.05) is 17.7 Å². The highest BCUT2D eigenvalue weighted by Gasteiger charge is 2.13. The van der Waals surface area contributed by atoms with Crippen LogP contribution in [0.15, 0.2) is 47.8 Å². The number of halogens is 1. The zero-order chi connectivity index (χ0) is 19.0. The number of amides is 1. The summed E-state index contributed by atoms with van der Waals surface area (Å²) < 4.78 is 5.17. The Kier molecular flexibility index (Phi) is 4.55. The van der Waals surface area contributed by atoms with Crippen molar-refractivity contribution in [3.63, 3.8) is 0 Å². The van der Waals surface area contributed by atoms with Crippen LogP contribution in [0.25, 0.3) is 16.7 Å². The lowest BCUT2D eigenvalue weighted by atomic mass is 10.1. The standard InChI is InChI=1S/C19H15ClN4O2S/c1-11-8-15-16(10-14(11)21-19(25)18-4-3-7-27-18)23-24(22-15)12-5-6-17(26-2)13(20)9-12/h3-10H,1-2H3,(H,21,25). The molecule has 0 bridgehead atoms. The van der Waals surface area contributed by atoms with E-state index in [2.05, 4.69) is 15.5 Å². The lowest BCUT2D eigenvalue weighted by molar-refractivity contribution is 0.103. The first-order valence-corrected chi connectivity index (χ1v) is 9.37. The Morgan fingerprint density at radius 2 is 1.96 bits per heavy atom. The van der Waals surface area contributed by atoms with Crippen molar-refractivity contribution in [2.24, 2.45) is 0 Å². The van der Waals surface area contributed by atoms with Gasteiger partial charge in [0.1, 0.15) is 16.8 Å². The summed E-state index contributed by atoms with van der Waals surface area (Å²) in [6.45, 7) is 1.92. The van der Waals surface area contributed by atoms with Crippen molar-refractivity contribution in [2.45, 2.75) is 6.92 Å². The van der Waals surface area contributed by atoms with Crippen LogP contribution in [0.2, 0.25) is 5.02 Å². The predicted molar refractivity (Wildman–Crippen MR) is 107 cm³/mol. The first-order chi connectivity index (χ1) is 13.0. The van der Waals surface area contributed by atoms with E-state index in [1.54, 1.807) is 25.3 Å². The molecule has 0 saturated heterocycles. The molecule has 0 aliphatic carbocycles. The third kappa shape index (κ3) is 3.39. The monoisotopic (exact) mass is 398 g/mol. The Hall–Kier alpha value is -2.90. The minimum absolute atomic E-state index is 0.137. The lowest BCUT2D eigenvalue weighted by Gasteiger charge is -2.06. The number of aryl methyl sites for hydroxylation is 1. The van der Waals surface area contributed by atoms with Crippen molar-refractivity contribution >= 4 is 45.6 Å². The number of benzene rings is 2. The summed E-state index contributed by atoms with van der Waals surface area (Å²) in [4.78, 5) is 14.5. The molecular formula is C19H15ClN4O2S. The van der Waals surface area contributed by atoms with Crippen molar-refractivity contribution in [1.29, 1.82) is 0 Å². The first-order valence-electron chi connectivity index (χ1n) is 8.11. The summed E-state index contributed by atoms with van der Waals surface area (Å²) in [5.74, 6) is 0.452. The Bertz CT molecular complexity index is 1140. The van der Waals surface area contributed by atoms with Crippen LogP contribution in [0.3, 0.4) is 0 Å². The molecular weight excluding hydrogens is 384 g/mol. The van der Waals surface area contributed by atoms with Crippen LogP contribution in [-0.2, 0) is 0 Å². The number of fused-ring (bicyclic) bond motifs is 1. The van der Waals surface area contributed by atoms with Gasteiger partial charge in [0.25, 0.3) is 5.91 Å². The number of hydrogen-bond donors (Lipinski definition) is 1. The van der Waals surface area contributed by atoms with Gasteiger partial charge in [-0.2, -0.15) is 4.80 Å². The molecule has 4 rings (SSSR count). The van der Waals surface area contributed by atoms with Crippen LogP contribution in [-0.4, -0.2) is 28.0 Å².